The minimum Gasteiger partial charge on any atom is -0.237 e. The number of halogens is 4. The average Bonchev–Trinajstić information content (AvgIpc) is 2.11. The molecule has 0 bridgehead atoms. The molecule has 0 aliphatic carbocycles. The summed E-state index contributed by atoms with van der Waals surface area (Å²) in [6.45, 7) is 0. The van der Waals surface area contributed by atoms with Gasteiger partial charge in [0.25, 0.3) is 0 Å². The van der Waals surface area contributed by atoms with Gasteiger partial charge in [-0.15, -0.1) is 11.3 Å². The molecule has 0 aliphatic rings. The van der Waals surface area contributed by atoms with E-state index in [-0.39, 0.29) is 3.92 Å². The van der Waals surface area contributed by atoms with Crippen molar-refractivity contribution in [3.8, 4) is 0 Å². The van der Waals surface area contributed by atoms with E-state index in [0.717, 1.165) is 6.20 Å². The smallest absolute Gasteiger partial charge is 0.237 e. The largest absolute Gasteiger partial charge is 0.427 e. The van der Waals surface area contributed by atoms with Crippen LogP contribution in [0.15, 0.2) is 10.1 Å². The lowest BCUT2D eigenvalue weighted by Crippen LogP contribution is -2.00. The Labute approximate surface area is 67.0 Å². The Morgan fingerprint density at radius 3 is 2.30 bits per heavy atom. The first-order chi connectivity index (χ1) is 4.50. The molecule has 0 N–H and O–H groups in total. The molecule has 56 valence electrons. The molecule has 1 nitrogen and oxygen atoms in total. The van der Waals surface area contributed by atoms with E-state index in [2.05, 4.69) is 20.9 Å². The molecule has 1 aromatic heterocycles. The van der Waals surface area contributed by atoms with Gasteiger partial charge < -0.3 is 0 Å². The Morgan fingerprint density at radius 2 is 2.10 bits per heavy atom. The van der Waals surface area contributed by atoms with Crippen LogP contribution in [-0.2, 0) is 6.18 Å². The van der Waals surface area contributed by atoms with E-state index in [1.807, 2.05) is 0 Å². The highest BCUT2D eigenvalue weighted by atomic mass is 79.9. The third-order valence-corrected chi connectivity index (χ3v) is 2.28. The second-order valence-corrected chi connectivity index (χ2v) is 3.78. The fourth-order valence-corrected chi connectivity index (χ4v) is 1.52. The van der Waals surface area contributed by atoms with Crippen LogP contribution in [0.5, 0.6) is 0 Å². The summed E-state index contributed by atoms with van der Waals surface area (Å²) < 4.78 is 35.5. The van der Waals surface area contributed by atoms with Gasteiger partial charge in [-0.2, -0.15) is 13.2 Å². The third-order valence-electron chi connectivity index (χ3n) is 0.757. The summed E-state index contributed by atoms with van der Waals surface area (Å²) in [5.74, 6) is 0. The Hall–Kier alpha value is -0.100. The summed E-state index contributed by atoms with van der Waals surface area (Å²) in [6.07, 6.45) is -3.46. The van der Waals surface area contributed by atoms with Crippen molar-refractivity contribution in [1.82, 2.24) is 4.98 Å². The molecule has 1 heterocycles. The molecular formula is C4HBrF3NS. The molecule has 0 unspecified atom stereocenters. The molecule has 0 radical (unpaired) electrons. The van der Waals surface area contributed by atoms with Gasteiger partial charge in [-0.3, -0.25) is 0 Å². The van der Waals surface area contributed by atoms with Crippen molar-refractivity contribution in [1.29, 1.82) is 0 Å². The SMILES string of the molecule is FC(F)(F)c1cnc(Br)s1. The average molecular weight is 232 g/mol. The van der Waals surface area contributed by atoms with E-state index < -0.39 is 11.1 Å². The Kier molecular flexibility index (Phi) is 2.00. The maximum Gasteiger partial charge on any atom is 0.427 e. The van der Waals surface area contributed by atoms with Crippen molar-refractivity contribution in [3.05, 3.63) is 15.0 Å². The van der Waals surface area contributed by atoms with Crippen molar-refractivity contribution in [2.45, 2.75) is 6.18 Å². The third kappa shape index (κ3) is 1.69. The zero-order valence-corrected chi connectivity index (χ0v) is 6.85. The van der Waals surface area contributed by atoms with Gasteiger partial charge in [0.1, 0.15) is 4.88 Å². The zero-order chi connectivity index (χ0) is 7.78. The van der Waals surface area contributed by atoms with Crippen LogP contribution in [-0.4, -0.2) is 4.98 Å². The van der Waals surface area contributed by atoms with Crippen LogP contribution in [0, 0.1) is 0 Å². The Bertz CT molecular complexity index is 231. The number of nitrogens with zero attached hydrogens (tertiary/aromatic N) is 1. The first-order valence-electron chi connectivity index (χ1n) is 2.18. The van der Waals surface area contributed by atoms with Crippen LogP contribution < -0.4 is 0 Å². The second-order valence-electron chi connectivity index (χ2n) is 1.48. The fourth-order valence-electron chi connectivity index (χ4n) is 0.384. The predicted octanol–water partition coefficient (Wildman–Crippen LogP) is 2.92. The minimum atomic E-state index is -4.26. The van der Waals surface area contributed by atoms with E-state index in [4.69, 9.17) is 0 Å². The Balaban J connectivity index is 2.96. The summed E-state index contributed by atoms with van der Waals surface area (Å²) in [7, 11) is 0. The quantitative estimate of drug-likeness (QED) is 0.670. The standard InChI is InChI=1S/C4HBrF3NS/c5-3-9-1-2(10-3)4(6,7)8/h1H. The van der Waals surface area contributed by atoms with Gasteiger partial charge in [-0.05, 0) is 15.9 Å². The van der Waals surface area contributed by atoms with Gasteiger partial charge >= 0.3 is 6.18 Å². The molecule has 1 rings (SSSR count). The molecule has 6 heteroatoms. The monoisotopic (exact) mass is 231 g/mol. The highest BCUT2D eigenvalue weighted by Crippen LogP contribution is 2.34. The van der Waals surface area contributed by atoms with Crippen LogP contribution in [0.2, 0.25) is 0 Å². The van der Waals surface area contributed by atoms with Crippen LogP contribution in [0.25, 0.3) is 0 Å². The number of thiazole rings is 1. The summed E-state index contributed by atoms with van der Waals surface area (Å²) in [4.78, 5) is 2.72. The first-order valence-corrected chi connectivity index (χ1v) is 3.79. The van der Waals surface area contributed by atoms with Gasteiger partial charge in [0.15, 0.2) is 3.92 Å². The lowest BCUT2D eigenvalue weighted by molar-refractivity contribution is -0.134. The van der Waals surface area contributed by atoms with E-state index in [9.17, 15) is 13.2 Å². The zero-order valence-electron chi connectivity index (χ0n) is 4.44. The molecule has 0 aliphatic heterocycles. The highest BCUT2D eigenvalue weighted by molar-refractivity contribution is 9.11. The van der Waals surface area contributed by atoms with Crippen molar-refractivity contribution in [3.63, 3.8) is 0 Å². The first kappa shape index (κ1) is 8.00. The normalized spacial score (nSPS) is 12.0. The maximum absolute atomic E-state index is 11.8. The van der Waals surface area contributed by atoms with Crippen molar-refractivity contribution in [2.75, 3.05) is 0 Å². The summed E-state index contributed by atoms with van der Waals surface area (Å²) in [5, 5.41) is 0. The van der Waals surface area contributed by atoms with Crippen LogP contribution in [0.1, 0.15) is 4.88 Å². The van der Waals surface area contributed by atoms with Gasteiger partial charge in [0.05, 0.1) is 6.20 Å². The van der Waals surface area contributed by atoms with E-state index in [1.165, 1.54) is 0 Å². The number of hydrogen-bond donors (Lipinski definition) is 0. The summed E-state index contributed by atoms with van der Waals surface area (Å²) in [6, 6.07) is 0. The highest BCUT2D eigenvalue weighted by Gasteiger charge is 2.32. The van der Waals surface area contributed by atoms with Crippen molar-refractivity contribution in [2.24, 2.45) is 0 Å². The van der Waals surface area contributed by atoms with Crippen molar-refractivity contribution >= 4 is 27.3 Å². The number of alkyl halides is 3. The summed E-state index contributed by atoms with van der Waals surface area (Å²) in [5.41, 5.74) is 0. The topological polar surface area (TPSA) is 12.9 Å². The van der Waals surface area contributed by atoms with Gasteiger partial charge in [0.2, 0.25) is 0 Å². The molecule has 10 heavy (non-hydrogen) atoms. The number of rotatable bonds is 0. The number of hydrogen-bond acceptors (Lipinski definition) is 2. The van der Waals surface area contributed by atoms with Gasteiger partial charge in [-0.25, -0.2) is 4.98 Å². The summed E-state index contributed by atoms with van der Waals surface area (Å²) >= 11 is 3.41. The molecule has 1 aromatic rings. The lowest BCUT2D eigenvalue weighted by Gasteiger charge is -1.98. The molecule has 0 saturated carbocycles. The van der Waals surface area contributed by atoms with Crippen LogP contribution in [0.4, 0.5) is 13.2 Å². The molecule has 0 atom stereocenters. The second kappa shape index (κ2) is 2.50. The van der Waals surface area contributed by atoms with Gasteiger partial charge in [0, 0.05) is 0 Å². The van der Waals surface area contributed by atoms with Crippen LogP contribution in [0.3, 0.4) is 0 Å². The molecule has 0 aromatic carbocycles. The van der Waals surface area contributed by atoms with E-state index in [0.29, 0.717) is 11.3 Å². The molecule has 0 spiro atoms. The minimum absolute atomic E-state index is 0.250. The van der Waals surface area contributed by atoms with E-state index in [1.54, 1.807) is 0 Å². The molecular weight excluding hydrogens is 231 g/mol. The predicted molar refractivity (Wildman–Crippen MR) is 34.8 cm³/mol. The maximum atomic E-state index is 11.8. The molecule has 0 saturated heterocycles. The van der Waals surface area contributed by atoms with Crippen molar-refractivity contribution < 1.29 is 13.2 Å². The lowest BCUT2D eigenvalue weighted by atomic mass is 10.5. The number of aromatic nitrogens is 1. The Morgan fingerprint density at radius 1 is 1.50 bits per heavy atom. The molecule has 0 amide bonds. The van der Waals surface area contributed by atoms with E-state index >= 15 is 0 Å². The van der Waals surface area contributed by atoms with Crippen LogP contribution >= 0.6 is 27.3 Å². The van der Waals surface area contributed by atoms with Gasteiger partial charge in [-0.1, -0.05) is 0 Å². The fraction of sp³-hybridized carbons (Fsp3) is 0.250. The molecule has 0 fully saturated rings.